The van der Waals surface area contributed by atoms with Crippen LogP contribution in [0.25, 0.3) is 0 Å². The Balaban J connectivity index is 4.20. The summed E-state index contributed by atoms with van der Waals surface area (Å²) in [5.74, 6) is -1.02. The molecule has 0 saturated heterocycles. The van der Waals surface area contributed by atoms with E-state index in [0.29, 0.717) is 13.2 Å². The number of amides is 1. The zero-order valence-corrected chi connectivity index (χ0v) is 11.2. The van der Waals surface area contributed by atoms with Crippen molar-refractivity contribution in [1.29, 1.82) is 0 Å². The summed E-state index contributed by atoms with van der Waals surface area (Å²) in [6.45, 7) is 8.09. The summed E-state index contributed by atoms with van der Waals surface area (Å²) >= 11 is 0. The fraction of sp³-hybridized carbons (Fsp3) is 0.692. The van der Waals surface area contributed by atoms with Gasteiger partial charge in [-0.3, -0.25) is 4.79 Å². The van der Waals surface area contributed by atoms with Crippen molar-refractivity contribution in [3.63, 3.8) is 0 Å². The van der Waals surface area contributed by atoms with Crippen molar-refractivity contribution >= 4 is 11.9 Å². The predicted octanol–water partition coefficient (Wildman–Crippen LogP) is 1.77. The molecule has 1 N–H and O–H groups in total. The van der Waals surface area contributed by atoms with Crippen molar-refractivity contribution in [1.82, 2.24) is 5.32 Å². The standard InChI is InChI=1S/C13H23NO4/c1-4-7-9-17-12(14-11(15)6-3)13(16)18-10-8-5-2/h6,12H,3-5,7-10H2,1-2H3,(H,14,15). The first-order valence-corrected chi connectivity index (χ1v) is 6.36. The number of hydrogen-bond donors (Lipinski definition) is 1. The third-order valence-electron chi connectivity index (χ3n) is 2.20. The van der Waals surface area contributed by atoms with Crippen molar-refractivity contribution < 1.29 is 19.1 Å². The Morgan fingerprint density at radius 3 is 2.39 bits per heavy atom. The average molecular weight is 257 g/mol. The van der Waals surface area contributed by atoms with Crippen LogP contribution in [0.1, 0.15) is 39.5 Å². The smallest absolute Gasteiger partial charge is 0.356 e. The maximum Gasteiger partial charge on any atom is 0.356 e. The molecule has 5 nitrogen and oxygen atoms in total. The van der Waals surface area contributed by atoms with E-state index in [2.05, 4.69) is 11.9 Å². The summed E-state index contributed by atoms with van der Waals surface area (Å²) in [6.07, 6.45) is 3.56. The second-order valence-corrected chi connectivity index (χ2v) is 3.84. The van der Waals surface area contributed by atoms with Crippen LogP contribution in [-0.4, -0.2) is 31.3 Å². The van der Waals surface area contributed by atoms with E-state index in [0.717, 1.165) is 31.8 Å². The van der Waals surface area contributed by atoms with Gasteiger partial charge in [0, 0.05) is 6.61 Å². The number of carbonyl (C=O) groups excluding carboxylic acids is 2. The molecular weight excluding hydrogens is 234 g/mol. The summed E-state index contributed by atoms with van der Waals surface area (Å²) in [7, 11) is 0. The molecule has 0 radical (unpaired) electrons. The predicted molar refractivity (Wildman–Crippen MR) is 68.9 cm³/mol. The molecule has 0 aliphatic heterocycles. The van der Waals surface area contributed by atoms with Crippen LogP contribution < -0.4 is 5.32 Å². The van der Waals surface area contributed by atoms with Crippen molar-refractivity contribution in [2.75, 3.05) is 13.2 Å². The quantitative estimate of drug-likeness (QED) is 0.280. The minimum Gasteiger partial charge on any atom is -0.462 e. The van der Waals surface area contributed by atoms with Crippen LogP contribution >= 0.6 is 0 Å². The van der Waals surface area contributed by atoms with Crippen LogP contribution in [0.5, 0.6) is 0 Å². The number of rotatable bonds is 10. The molecule has 0 aromatic rings. The molecule has 0 aromatic carbocycles. The molecule has 1 unspecified atom stereocenters. The highest BCUT2D eigenvalue weighted by Gasteiger charge is 2.21. The zero-order valence-electron chi connectivity index (χ0n) is 11.2. The largest absolute Gasteiger partial charge is 0.462 e. The third kappa shape index (κ3) is 7.84. The van der Waals surface area contributed by atoms with E-state index in [1.165, 1.54) is 0 Å². The minimum atomic E-state index is -1.04. The molecule has 1 amide bonds. The van der Waals surface area contributed by atoms with E-state index < -0.39 is 18.1 Å². The van der Waals surface area contributed by atoms with Crippen LogP contribution in [-0.2, 0) is 19.1 Å². The van der Waals surface area contributed by atoms with Crippen molar-refractivity contribution in [2.45, 2.75) is 45.8 Å². The summed E-state index contributed by atoms with van der Waals surface area (Å²) in [5, 5.41) is 2.40. The van der Waals surface area contributed by atoms with Gasteiger partial charge in [0.2, 0.25) is 12.1 Å². The van der Waals surface area contributed by atoms with Gasteiger partial charge in [-0.15, -0.1) is 0 Å². The van der Waals surface area contributed by atoms with Crippen LogP contribution in [0.15, 0.2) is 12.7 Å². The SMILES string of the molecule is C=CC(=O)NC(OCCCC)C(=O)OCCCC. The number of ether oxygens (including phenoxy) is 2. The van der Waals surface area contributed by atoms with Gasteiger partial charge in [-0.2, -0.15) is 0 Å². The number of unbranched alkanes of at least 4 members (excludes halogenated alkanes) is 2. The van der Waals surface area contributed by atoms with Gasteiger partial charge in [0.1, 0.15) is 0 Å². The molecule has 0 heterocycles. The van der Waals surface area contributed by atoms with Gasteiger partial charge in [0.15, 0.2) is 0 Å². The number of hydrogen-bond acceptors (Lipinski definition) is 4. The lowest BCUT2D eigenvalue weighted by Crippen LogP contribution is -2.43. The average Bonchev–Trinajstić information content (AvgIpc) is 2.37. The van der Waals surface area contributed by atoms with Crippen LogP contribution in [0, 0.1) is 0 Å². The number of carbonyl (C=O) groups is 2. The molecule has 104 valence electrons. The Hall–Kier alpha value is -1.36. The number of esters is 1. The van der Waals surface area contributed by atoms with Crippen molar-refractivity contribution in [3.8, 4) is 0 Å². The van der Waals surface area contributed by atoms with E-state index in [-0.39, 0.29) is 0 Å². The van der Waals surface area contributed by atoms with Gasteiger partial charge in [-0.05, 0) is 18.9 Å². The Labute approximate surface area is 109 Å². The fourth-order valence-corrected chi connectivity index (χ4v) is 1.10. The first-order valence-electron chi connectivity index (χ1n) is 6.36. The second-order valence-electron chi connectivity index (χ2n) is 3.84. The van der Waals surface area contributed by atoms with Gasteiger partial charge in [0.25, 0.3) is 0 Å². The molecule has 0 rings (SSSR count). The Morgan fingerprint density at radius 1 is 1.22 bits per heavy atom. The third-order valence-corrected chi connectivity index (χ3v) is 2.20. The van der Waals surface area contributed by atoms with Gasteiger partial charge >= 0.3 is 5.97 Å². The Morgan fingerprint density at radius 2 is 1.83 bits per heavy atom. The molecule has 0 fully saturated rings. The summed E-state index contributed by atoms with van der Waals surface area (Å²) in [6, 6.07) is 0. The molecule has 0 aliphatic rings. The topological polar surface area (TPSA) is 64.6 Å². The number of nitrogens with one attached hydrogen (secondary N) is 1. The Kier molecular flexibility index (Phi) is 9.96. The molecule has 1 atom stereocenters. The van der Waals surface area contributed by atoms with Crippen LogP contribution in [0.4, 0.5) is 0 Å². The van der Waals surface area contributed by atoms with E-state index >= 15 is 0 Å². The highest BCUT2D eigenvalue weighted by molar-refractivity contribution is 5.90. The molecule has 5 heteroatoms. The highest BCUT2D eigenvalue weighted by atomic mass is 16.6. The first-order chi connectivity index (χ1) is 8.65. The minimum absolute atomic E-state index is 0.340. The van der Waals surface area contributed by atoms with Gasteiger partial charge in [0.05, 0.1) is 6.61 Å². The molecule has 18 heavy (non-hydrogen) atoms. The molecular formula is C13H23NO4. The first kappa shape index (κ1) is 16.6. The maximum atomic E-state index is 11.7. The summed E-state index contributed by atoms with van der Waals surface area (Å²) < 4.78 is 10.3. The maximum absolute atomic E-state index is 11.7. The lowest BCUT2D eigenvalue weighted by atomic mass is 10.3. The van der Waals surface area contributed by atoms with Gasteiger partial charge < -0.3 is 14.8 Å². The molecule has 0 spiro atoms. The lowest BCUT2D eigenvalue weighted by Gasteiger charge is -2.17. The lowest BCUT2D eigenvalue weighted by molar-refractivity contribution is -0.161. The normalized spacial score (nSPS) is 11.7. The van der Waals surface area contributed by atoms with E-state index in [4.69, 9.17) is 9.47 Å². The van der Waals surface area contributed by atoms with Gasteiger partial charge in [-0.1, -0.05) is 33.3 Å². The monoisotopic (exact) mass is 257 g/mol. The molecule has 0 aromatic heterocycles. The van der Waals surface area contributed by atoms with Crippen LogP contribution in [0.3, 0.4) is 0 Å². The summed E-state index contributed by atoms with van der Waals surface area (Å²) in [5.41, 5.74) is 0. The van der Waals surface area contributed by atoms with Crippen molar-refractivity contribution in [2.24, 2.45) is 0 Å². The molecule has 0 bridgehead atoms. The zero-order chi connectivity index (χ0) is 13.8. The highest BCUT2D eigenvalue weighted by Crippen LogP contribution is 1.98. The van der Waals surface area contributed by atoms with E-state index in [1.54, 1.807) is 0 Å². The summed E-state index contributed by atoms with van der Waals surface area (Å²) in [4.78, 5) is 22.8. The van der Waals surface area contributed by atoms with E-state index in [9.17, 15) is 9.59 Å². The van der Waals surface area contributed by atoms with Crippen molar-refractivity contribution in [3.05, 3.63) is 12.7 Å². The molecule has 0 aliphatic carbocycles. The molecule has 0 saturated carbocycles. The van der Waals surface area contributed by atoms with E-state index in [1.807, 2.05) is 13.8 Å². The van der Waals surface area contributed by atoms with Crippen LogP contribution in [0.2, 0.25) is 0 Å². The second kappa shape index (κ2) is 10.8. The fourth-order valence-electron chi connectivity index (χ4n) is 1.10. The Bertz CT molecular complexity index is 266. The van der Waals surface area contributed by atoms with Gasteiger partial charge in [-0.25, -0.2) is 4.79 Å².